The fourth-order valence-electron chi connectivity index (χ4n) is 2.67. The molecule has 27 heavy (non-hydrogen) atoms. The van der Waals surface area contributed by atoms with Gasteiger partial charge in [-0.15, -0.1) is 11.3 Å². The molecule has 1 aromatic carbocycles. The quantitative estimate of drug-likeness (QED) is 0.488. The van der Waals surface area contributed by atoms with E-state index in [4.69, 9.17) is 11.6 Å². The number of thiophene rings is 1. The Morgan fingerprint density at radius 1 is 1.22 bits per heavy atom. The highest BCUT2D eigenvalue weighted by atomic mass is 35.5. The summed E-state index contributed by atoms with van der Waals surface area (Å²) in [5.74, 6) is 0.137. The molecule has 9 heteroatoms. The molecule has 6 nitrogen and oxygen atoms in total. The highest BCUT2D eigenvalue weighted by molar-refractivity contribution is 7.16. The molecule has 0 bridgehead atoms. The largest absolute Gasteiger partial charge is 0.282 e. The summed E-state index contributed by atoms with van der Waals surface area (Å²) in [5.41, 5.74) is 1.58. The molecule has 0 unspecified atom stereocenters. The molecule has 136 valence electrons. The lowest BCUT2D eigenvalue weighted by atomic mass is 10.3. The van der Waals surface area contributed by atoms with E-state index in [1.165, 1.54) is 39.0 Å². The first-order chi connectivity index (χ1) is 13.0. The molecule has 3 aromatic heterocycles. The Morgan fingerprint density at radius 3 is 2.70 bits per heavy atom. The highest BCUT2D eigenvalue weighted by Crippen LogP contribution is 2.22. The van der Waals surface area contributed by atoms with Gasteiger partial charge in [0.1, 0.15) is 21.6 Å². The summed E-state index contributed by atoms with van der Waals surface area (Å²) < 4.78 is 15.9. The van der Waals surface area contributed by atoms with Crippen LogP contribution in [0.4, 0.5) is 4.39 Å². The first-order valence-electron chi connectivity index (χ1n) is 7.98. The van der Waals surface area contributed by atoms with Crippen LogP contribution in [-0.4, -0.2) is 25.7 Å². The van der Waals surface area contributed by atoms with Crippen LogP contribution in [0.1, 0.15) is 17.1 Å². The van der Waals surface area contributed by atoms with Crippen molar-refractivity contribution < 1.29 is 4.39 Å². The molecule has 0 N–H and O–H groups in total. The maximum atomic E-state index is 13.1. The number of hydrogen-bond donors (Lipinski definition) is 0. The molecule has 0 saturated heterocycles. The van der Waals surface area contributed by atoms with Crippen LogP contribution < -0.4 is 5.56 Å². The zero-order valence-corrected chi connectivity index (χ0v) is 15.9. The Labute approximate surface area is 162 Å². The molecule has 0 aliphatic carbocycles. The van der Waals surface area contributed by atoms with Gasteiger partial charge in [0.2, 0.25) is 0 Å². The zero-order valence-electron chi connectivity index (χ0n) is 14.3. The number of aromatic nitrogens is 4. The number of halogens is 2. The van der Waals surface area contributed by atoms with Crippen molar-refractivity contribution in [3.63, 3.8) is 0 Å². The molecule has 4 aromatic rings. The first kappa shape index (κ1) is 17.6. The Bertz CT molecular complexity index is 1240. The van der Waals surface area contributed by atoms with E-state index in [0.29, 0.717) is 38.1 Å². The molecule has 0 aliphatic rings. The summed E-state index contributed by atoms with van der Waals surface area (Å²) in [6, 6.07) is 7.56. The van der Waals surface area contributed by atoms with Crippen molar-refractivity contribution in [3.05, 3.63) is 74.1 Å². The van der Waals surface area contributed by atoms with Crippen LogP contribution in [0.3, 0.4) is 0 Å². The second-order valence-corrected chi connectivity index (χ2v) is 7.09. The van der Waals surface area contributed by atoms with E-state index < -0.39 is 0 Å². The Kier molecular flexibility index (Phi) is 4.37. The van der Waals surface area contributed by atoms with E-state index in [2.05, 4.69) is 15.2 Å². The van der Waals surface area contributed by atoms with Crippen LogP contribution in [0, 0.1) is 19.7 Å². The van der Waals surface area contributed by atoms with Gasteiger partial charge in [0.25, 0.3) is 5.56 Å². The van der Waals surface area contributed by atoms with Gasteiger partial charge in [-0.2, -0.15) is 14.9 Å². The average Bonchev–Trinajstić information content (AvgIpc) is 3.21. The van der Waals surface area contributed by atoms with Gasteiger partial charge in [-0.1, -0.05) is 11.6 Å². The standard InChI is InChI=1S/C18H13ClFN5OS/c1-10-15(16(19)25(23-10)13-5-3-12(20)4-6-13)9-21-24-11(2)22-17-14(18(24)26)7-8-27-17/h3-9H,1-2H3. The third-order valence-electron chi connectivity index (χ3n) is 4.06. The second kappa shape index (κ2) is 6.71. The molecule has 0 saturated carbocycles. The van der Waals surface area contributed by atoms with Crippen molar-refractivity contribution in [2.75, 3.05) is 0 Å². The monoisotopic (exact) mass is 401 g/mol. The summed E-state index contributed by atoms with van der Waals surface area (Å²) in [4.78, 5) is 17.7. The van der Waals surface area contributed by atoms with Crippen molar-refractivity contribution in [1.82, 2.24) is 19.4 Å². The third-order valence-corrected chi connectivity index (χ3v) is 5.23. The summed E-state index contributed by atoms with van der Waals surface area (Å²) in [6.07, 6.45) is 1.49. The van der Waals surface area contributed by atoms with E-state index in [1.807, 2.05) is 5.38 Å². The summed E-state index contributed by atoms with van der Waals surface area (Å²) in [6.45, 7) is 3.50. The lowest BCUT2D eigenvalue weighted by molar-refractivity contribution is 0.627. The average molecular weight is 402 g/mol. The molecule has 0 fully saturated rings. The summed E-state index contributed by atoms with van der Waals surface area (Å²) in [7, 11) is 0. The van der Waals surface area contributed by atoms with Crippen molar-refractivity contribution in [1.29, 1.82) is 0 Å². The molecule has 0 atom stereocenters. The van der Waals surface area contributed by atoms with Gasteiger partial charge in [0.15, 0.2) is 0 Å². The molecule has 0 spiro atoms. The molecule has 0 aliphatic heterocycles. The second-order valence-electron chi connectivity index (χ2n) is 5.84. The number of aryl methyl sites for hydroxylation is 2. The van der Waals surface area contributed by atoms with Gasteiger partial charge in [0, 0.05) is 0 Å². The van der Waals surface area contributed by atoms with Crippen LogP contribution in [0.2, 0.25) is 5.15 Å². The van der Waals surface area contributed by atoms with E-state index >= 15 is 0 Å². The molecule has 3 heterocycles. The Morgan fingerprint density at radius 2 is 1.96 bits per heavy atom. The summed E-state index contributed by atoms with van der Waals surface area (Å²) in [5, 5.41) is 11.3. The number of benzene rings is 1. The normalized spacial score (nSPS) is 11.7. The van der Waals surface area contributed by atoms with Crippen LogP contribution in [0.25, 0.3) is 15.9 Å². The van der Waals surface area contributed by atoms with Crippen LogP contribution >= 0.6 is 22.9 Å². The Hall–Kier alpha value is -2.84. The van der Waals surface area contributed by atoms with E-state index in [-0.39, 0.29) is 11.4 Å². The SMILES string of the molecule is Cc1nn(-c2ccc(F)cc2)c(Cl)c1C=Nn1c(C)nc2sccc2c1=O. The lowest BCUT2D eigenvalue weighted by Crippen LogP contribution is -2.19. The predicted octanol–water partition coefficient (Wildman–Crippen LogP) is 3.94. The van der Waals surface area contributed by atoms with Crippen LogP contribution in [-0.2, 0) is 0 Å². The van der Waals surface area contributed by atoms with E-state index in [9.17, 15) is 9.18 Å². The lowest BCUT2D eigenvalue weighted by Gasteiger charge is -2.03. The van der Waals surface area contributed by atoms with Crippen molar-refractivity contribution >= 4 is 39.4 Å². The molecular weight excluding hydrogens is 389 g/mol. The minimum Gasteiger partial charge on any atom is -0.267 e. The van der Waals surface area contributed by atoms with Gasteiger partial charge in [0.05, 0.1) is 28.5 Å². The minimum atomic E-state index is -0.341. The van der Waals surface area contributed by atoms with Crippen molar-refractivity contribution in [2.24, 2.45) is 5.10 Å². The number of rotatable bonds is 3. The highest BCUT2D eigenvalue weighted by Gasteiger charge is 2.14. The van der Waals surface area contributed by atoms with E-state index in [1.54, 1.807) is 32.0 Å². The topological polar surface area (TPSA) is 65.1 Å². The minimum absolute atomic E-state index is 0.241. The third kappa shape index (κ3) is 3.07. The molecule has 4 rings (SSSR count). The number of nitrogens with zero attached hydrogens (tertiary/aromatic N) is 5. The molecule has 0 amide bonds. The summed E-state index contributed by atoms with van der Waals surface area (Å²) >= 11 is 7.85. The van der Waals surface area contributed by atoms with E-state index in [0.717, 1.165) is 0 Å². The molecular formula is C18H13ClFN5OS. The number of fused-ring (bicyclic) bond motifs is 1. The fraction of sp³-hybridized carbons (Fsp3) is 0.111. The Balaban J connectivity index is 1.77. The maximum Gasteiger partial charge on any atom is 0.282 e. The first-order valence-corrected chi connectivity index (χ1v) is 9.24. The van der Waals surface area contributed by atoms with Gasteiger partial charge in [-0.25, -0.2) is 14.1 Å². The van der Waals surface area contributed by atoms with Gasteiger partial charge < -0.3 is 0 Å². The number of hydrogen-bond acceptors (Lipinski definition) is 5. The molecule has 0 radical (unpaired) electrons. The van der Waals surface area contributed by atoms with Crippen molar-refractivity contribution in [2.45, 2.75) is 13.8 Å². The van der Waals surface area contributed by atoms with Crippen molar-refractivity contribution in [3.8, 4) is 5.69 Å². The van der Waals surface area contributed by atoms with Gasteiger partial charge >= 0.3 is 0 Å². The fourth-order valence-corrected chi connectivity index (χ4v) is 3.79. The maximum absolute atomic E-state index is 13.1. The van der Waals surface area contributed by atoms with Gasteiger partial charge in [-0.3, -0.25) is 4.79 Å². The predicted molar refractivity (Wildman–Crippen MR) is 105 cm³/mol. The van der Waals surface area contributed by atoms with Crippen LogP contribution in [0.5, 0.6) is 0 Å². The zero-order chi connectivity index (χ0) is 19.1. The van der Waals surface area contributed by atoms with Gasteiger partial charge in [-0.05, 0) is 49.6 Å². The smallest absolute Gasteiger partial charge is 0.267 e. The van der Waals surface area contributed by atoms with Crippen LogP contribution in [0.15, 0.2) is 45.6 Å².